The molecule has 1 aromatic rings. The molecule has 2 saturated heterocycles. The quantitative estimate of drug-likeness (QED) is 0.657. The number of halogens is 1. The third-order valence-corrected chi connectivity index (χ3v) is 6.13. The number of likely N-dealkylation sites (tertiary alicyclic amines) is 2. The van der Waals surface area contributed by atoms with Crippen LogP contribution in [-0.2, 0) is 0 Å². The number of rotatable bonds is 7. The number of amides is 2. The zero-order chi connectivity index (χ0) is 22.5. The summed E-state index contributed by atoms with van der Waals surface area (Å²) in [7, 11) is 4.19. The van der Waals surface area contributed by atoms with Crippen LogP contribution in [0, 0.1) is 17.7 Å². The summed E-state index contributed by atoms with van der Waals surface area (Å²) < 4.78 is 13.1. The van der Waals surface area contributed by atoms with Gasteiger partial charge >= 0.3 is 6.03 Å². The molecule has 2 aliphatic rings. The van der Waals surface area contributed by atoms with Gasteiger partial charge in [-0.2, -0.15) is 0 Å². The summed E-state index contributed by atoms with van der Waals surface area (Å²) in [4.78, 5) is 19.3. The number of carbonyl (C=O) groups excluding carboxylic acids is 1. The summed E-state index contributed by atoms with van der Waals surface area (Å²) in [5.41, 5.74) is 8.72. The fourth-order valence-corrected chi connectivity index (χ4v) is 4.18. The predicted molar refractivity (Wildman–Crippen MR) is 124 cm³/mol. The van der Waals surface area contributed by atoms with Gasteiger partial charge in [0.1, 0.15) is 5.82 Å². The van der Waals surface area contributed by atoms with E-state index in [9.17, 15) is 9.18 Å². The molecule has 3 N–H and O–H groups in total. The molecule has 0 saturated carbocycles. The fourth-order valence-electron chi connectivity index (χ4n) is 4.18. The van der Waals surface area contributed by atoms with Crippen LogP contribution in [0.4, 0.5) is 9.18 Å². The molecule has 0 aromatic heterocycles. The van der Waals surface area contributed by atoms with E-state index in [4.69, 9.17) is 5.73 Å². The highest BCUT2D eigenvalue weighted by Crippen LogP contribution is 2.31. The first-order valence-corrected chi connectivity index (χ1v) is 10.7. The molecular weight excluding hydrogens is 393 g/mol. The Morgan fingerprint density at radius 3 is 2.39 bits per heavy atom. The van der Waals surface area contributed by atoms with Gasteiger partial charge in [0.05, 0.1) is 11.4 Å². The molecule has 6 nitrogen and oxygen atoms in total. The van der Waals surface area contributed by atoms with Crippen LogP contribution in [0.3, 0.4) is 0 Å². The topological polar surface area (TPSA) is 64.8 Å². The van der Waals surface area contributed by atoms with Crippen molar-refractivity contribution in [1.82, 2.24) is 20.0 Å². The van der Waals surface area contributed by atoms with Gasteiger partial charge in [0.2, 0.25) is 0 Å². The van der Waals surface area contributed by atoms with Gasteiger partial charge in [0.25, 0.3) is 0 Å². The first-order chi connectivity index (χ1) is 14.7. The highest BCUT2D eigenvalue weighted by Gasteiger charge is 2.41. The second kappa shape index (κ2) is 10.1. The first kappa shape index (κ1) is 23.0. The number of nitrogens with two attached hydrogens (primary N) is 1. The minimum Gasteiger partial charge on any atom is -0.397 e. The zero-order valence-electron chi connectivity index (χ0n) is 18.8. The number of nitrogens with zero attached hydrogens (tertiary/aromatic N) is 3. The van der Waals surface area contributed by atoms with Crippen LogP contribution in [0.15, 0.2) is 54.4 Å². The number of benzene rings is 1. The maximum atomic E-state index is 13.1. The maximum Gasteiger partial charge on any atom is 0.321 e. The van der Waals surface area contributed by atoms with Crippen LogP contribution in [0.2, 0.25) is 0 Å². The molecule has 3 rings (SSSR count). The number of urea groups is 1. The fraction of sp³-hybridized carbons (Fsp3) is 0.458. The van der Waals surface area contributed by atoms with E-state index in [1.54, 1.807) is 18.2 Å². The molecule has 0 spiro atoms. The number of hydrogen-bond acceptors (Lipinski definition) is 4. The Kier molecular flexibility index (Phi) is 7.51. The minimum atomic E-state index is -0.268. The molecule has 31 heavy (non-hydrogen) atoms. The number of hydrogen-bond donors (Lipinski definition) is 2. The largest absolute Gasteiger partial charge is 0.397 e. The molecule has 0 bridgehead atoms. The Labute approximate surface area is 184 Å². The van der Waals surface area contributed by atoms with Crippen LogP contribution in [-0.4, -0.2) is 74.1 Å². The molecule has 1 aromatic carbocycles. The van der Waals surface area contributed by atoms with Crippen molar-refractivity contribution in [3.8, 4) is 0 Å². The van der Waals surface area contributed by atoms with E-state index < -0.39 is 0 Å². The number of likely N-dealkylation sites (N-methyl/N-ethyl adjacent to an activating group) is 1. The van der Waals surface area contributed by atoms with E-state index in [-0.39, 0.29) is 11.8 Å². The lowest BCUT2D eigenvalue weighted by Gasteiger charge is -2.23. The molecule has 2 amide bonds. The Morgan fingerprint density at radius 2 is 1.81 bits per heavy atom. The summed E-state index contributed by atoms with van der Waals surface area (Å²) in [6.45, 7) is 11.6. The zero-order valence-corrected chi connectivity index (χ0v) is 18.8. The lowest BCUT2D eigenvalue weighted by molar-refractivity contribution is 0.200. The second-order valence-corrected chi connectivity index (χ2v) is 8.88. The van der Waals surface area contributed by atoms with Gasteiger partial charge in [0, 0.05) is 39.3 Å². The van der Waals surface area contributed by atoms with Crippen molar-refractivity contribution in [1.29, 1.82) is 0 Å². The number of fused-ring (bicyclic) bond motifs is 1. The second-order valence-electron chi connectivity index (χ2n) is 8.88. The predicted octanol–water partition coefficient (Wildman–Crippen LogP) is 2.72. The summed E-state index contributed by atoms with van der Waals surface area (Å²) in [5.74, 6) is 0.806. The van der Waals surface area contributed by atoms with E-state index in [1.807, 2.05) is 17.9 Å². The van der Waals surface area contributed by atoms with Crippen molar-refractivity contribution in [3.05, 3.63) is 65.8 Å². The summed E-state index contributed by atoms with van der Waals surface area (Å²) >= 11 is 0. The van der Waals surface area contributed by atoms with Crippen molar-refractivity contribution >= 4 is 11.6 Å². The molecule has 0 aliphatic carbocycles. The lowest BCUT2D eigenvalue weighted by Crippen LogP contribution is -2.41. The van der Waals surface area contributed by atoms with Crippen molar-refractivity contribution in [3.63, 3.8) is 0 Å². The van der Waals surface area contributed by atoms with Crippen LogP contribution >= 0.6 is 0 Å². The smallest absolute Gasteiger partial charge is 0.321 e. The molecule has 0 radical (unpaired) electrons. The molecule has 2 atom stereocenters. The van der Waals surface area contributed by atoms with E-state index in [0.29, 0.717) is 23.2 Å². The average Bonchev–Trinajstić information content (AvgIpc) is 3.29. The average molecular weight is 428 g/mol. The van der Waals surface area contributed by atoms with Gasteiger partial charge in [-0.05, 0) is 62.2 Å². The van der Waals surface area contributed by atoms with E-state index >= 15 is 0 Å². The Balaban J connectivity index is 1.48. The highest BCUT2D eigenvalue weighted by molar-refractivity contribution is 5.77. The van der Waals surface area contributed by atoms with Gasteiger partial charge in [-0.15, -0.1) is 0 Å². The minimum absolute atomic E-state index is 0.144. The molecule has 2 unspecified atom stereocenters. The summed E-state index contributed by atoms with van der Waals surface area (Å²) in [5, 5.41) is 2.83. The number of nitrogens with one attached hydrogen (secondary N) is 1. The molecule has 2 heterocycles. The summed E-state index contributed by atoms with van der Waals surface area (Å²) in [6, 6.07) is 6.13. The molecule has 2 fully saturated rings. The number of carbonyl (C=O) groups is 1. The van der Waals surface area contributed by atoms with Gasteiger partial charge in [0.15, 0.2) is 0 Å². The number of allylic oxidation sites excluding steroid dienone is 3. The maximum absolute atomic E-state index is 13.1. The Bertz CT molecular complexity index is 847. The SMILES string of the molecule is C=C(NC(=O)N1CC2CN(CCN(C)C)CC2C1)/C(N)=C\C=C(/C)c1ccc(F)cc1. The van der Waals surface area contributed by atoms with E-state index in [0.717, 1.165) is 50.4 Å². The van der Waals surface area contributed by atoms with Gasteiger partial charge in [-0.25, -0.2) is 9.18 Å². The van der Waals surface area contributed by atoms with Crippen molar-refractivity contribution in [2.24, 2.45) is 17.6 Å². The lowest BCUT2D eigenvalue weighted by atomic mass is 10.0. The molecular formula is C24H34FN5O. The Hall–Kier alpha value is -2.64. The van der Waals surface area contributed by atoms with Gasteiger partial charge in [-0.3, -0.25) is 0 Å². The Morgan fingerprint density at radius 1 is 1.19 bits per heavy atom. The van der Waals surface area contributed by atoms with Gasteiger partial charge < -0.3 is 25.8 Å². The van der Waals surface area contributed by atoms with Crippen molar-refractivity contribution < 1.29 is 9.18 Å². The van der Waals surface area contributed by atoms with Crippen molar-refractivity contribution in [2.75, 3.05) is 53.4 Å². The molecule has 168 valence electrons. The van der Waals surface area contributed by atoms with Crippen LogP contribution in [0.1, 0.15) is 12.5 Å². The van der Waals surface area contributed by atoms with Crippen molar-refractivity contribution in [2.45, 2.75) is 6.92 Å². The normalized spacial score (nSPS) is 22.2. The van der Waals surface area contributed by atoms with E-state index in [2.05, 4.69) is 35.8 Å². The van der Waals surface area contributed by atoms with Crippen LogP contribution < -0.4 is 11.1 Å². The van der Waals surface area contributed by atoms with E-state index in [1.165, 1.54) is 12.1 Å². The monoisotopic (exact) mass is 427 g/mol. The third-order valence-electron chi connectivity index (χ3n) is 6.13. The van der Waals surface area contributed by atoms with Gasteiger partial charge in [-0.1, -0.05) is 24.8 Å². The standard InChI is InChI=1S/C24H34FN5O/c1-17(19-6-8-22(25)9-7-19)5-10-23(26)18(2)27-24(31)30-15-20-13-29(12-11-28(3)4)14-21(20)16-30/h5-10,20-21H,2,11-16,26H2,1,3-4H3,(H,27,31)/b17-5+,23-10+. The van der Waals surface area contributed by atoms with Crippen LogP contribution in [0.5, 0.6) is 0 Å². The third kappa shape index (κ3) is 6.18. The highest BCUT2D eigenvalue weighted by atomic mass is 19.1. The molecule has 7 heteroatoms. The van der Waals surface area contributed by atoms with Crippen LogP contribution in [0.25, 0.3) is 5.57 Å². The molecule has 2 aliphatic heterocycles. The first-order valence-electron chi connectivity index (χ1n) is 10.7. The summed E-state index contributed by atoms with van der Waals surface area (Å²) in [6.07, 6.45) is 3.55.